The van der Waals surface area contributed by atoms with Crippen LogP contribution in [0.25, 0.3) is 0 Å². The maximum Gasteiger partial charge on any atom is 0.411 e. The molecule has 0 spiro atoms. The topological polar surface area (TPSA) is 102 Å². The Labute approximate surface area is 182 Å². The van der Waals surface area contributed by atoms with Crippen molar-refractivity contribution in [3.8, 4) is 0 Å². The van der Waals surface area contributed by atoms with Gasteiger partial charge in [0.25, 0.3) is 5.91 Å². The summed E-state index contributed by atoms with van der Waals surface area (Å²) in [7, 11) is 1.60. The van der Waals surface area contributed by atoms with Crippen LogP contribution in [0.1, 0.15) is 27.4 Å². The van der Waals surface area contributed by atoms with E-state index < -0.39 is 18.7 Å². The van der Waals surface area contributed by atoms with Crippen LogP contribution in [0.3, 0.4) is 0 Å². The van der Waals surface area contributed by atoms with Gasteiger partial charge >= 0.3 is 6.18 Å². The highest BCUT2D eigenvalue weighted by atomic mass is 127. The molecule has 0 aliphatic heterocycles. The van der Waals surface area contributed by atoms with E-state index in [1.54, 1.807) is 37.4 Å². The number of furan rings is 1. The van der Waals surface area contributed by atoms with Gasteiger partial charge in [-0.1, -0.05) is 24.3 Å². The first-order chi connectivity index (χ1) is 13.3. The Morgan fingerprint density at radius 1 is 1.10 bits per heavy atom. The molecule has 0 fully saturated rings. The molecule has 0 unspecified atom stereocenters. The van der Waals surface area contributed by atoms with Crippen LogP contribution >= 0.6 is 24.0 Å². The molecule has 1 aromatic heterocycles. The maximum absolute atomic E-state index is 12.1. The molecule has 0 saturated heterocycles. The zero-order valence-corrected chi connectivity index (χ0v) is 17.9. The number of ether oxygens (including phenoxy) is 1. The van der Waals surface area contributed by atoms with Crippen molar-refractivity contribution in [2.24, 2.45) is 10.7 Å². The fourth-order valence-corrected chi connectivity index (χ4v) is 2.22. The molecule has 0 saturated carbocycles. The molecule has 0 atom stereocenters. The number of carbonyl (C=O) groups excluding carboxylic acids is 1. The van der Waals surface area contributed by atoms with Crippen molar-refractivity contribution >= 4 is 35.8 Å². The lowest BCUT2D eigenvalue weighted by Crippen LogP contribution is -2.36. The van der Waals surface area contributed by atoms with Crippen molar-refractivity contribution < 1.29 is 27.1 Å². The Hall–Kier alpha value is -2.28. The van der Waals surface area contributed by atoms with Crippen LogP contribution in [0.2, 0.25) is 0 Å². The summed E-state index contributed by atoms with van der Waals surface area (Å²) in [6.45, 7) is -0.613. The average Bonchev–Trinajstić information content (AvgIpc) is 3.11. The second kappa shape index (κ2) is 11.7. The van der Waals surface area contributed by atoms with Gasteiger partial charge in [-0.25, -0.2) is 0 Å². The summed E-state index contributed by atoms with van der Waals surface area (Å²) in [6, 6.07) is 10.1. The van der Waals surface area contributed by atoms with Crippen molar-refractivity contribution in [2.75, 3.05) is 13.7 Å². The molecular weight excluding hydrogens is 504 g/mol. The predicted octanol–water partition coefficient (Wildman–Crippen LogP) is 2.94. The van der Waals surface area contributed by atoms with Crippen molar-refractivity contribution in [1.29, 1.82) is 0 Å². The lowest BCUT2D eigenvalue weighted by atomic mass is 10.1. The lowest BCUT2D eigenvalue weighted by molar-refractivity contribution is -0.176. The number of hydrogen-bond donors (Lipinski definition) is 3. The Kier molecular flexibility index (Phi) is 9.95. The van der Waals surface area contributed by atoms with E-state index in [-0.39, 0.29) is 36.3 Å². The van der Waals surface area contributed by atoms with Crippen LogP contribution in [0.15, 0.2) is 45.8 Å². The minimum absolute atomic E-state index is 0. The number of hydrogen-bond acceptors (Lipinski definition) is 4. The lowest BCUT2D eigenvalue weighted by Gasteiger charge is -2.12. The third-order valence-corrected chi connectivity index (χ3v) is 3.58. The molecule has 1 aromatic carbocycles. The Balaban J connectivity index is 0.00000420. The van der Waals surface area contributed by atoms with Crippen molar-refractivity contribution in [2.45, 2.75) is 25.9 Å². The van der Waals surface area contributed by atoms with Gasteiger partial charge in [0.05, 0.1) is 13.2 Å². The van der Waals surface area contributed by atoms with Gasteiger partial charge in [0.15, 0.2) is 11.7 Å². The normalized spacial score (nSPS) is 11.7. The molecule has 2 aromatic rings. The number of primary amides is 1. The minimum Gasteiger partial charge on any atom is -0.454 e. The van der Waals surface area contributed by atoms with Crippen LogP contribution in [0.4, 0.5) is 13.2 Å². The van der Waals surface area contributed by atoms with Gasteiger partial charge in [-0.2, -0.15) is 13.2 Å². The zero-order valence-electron chi connectivity index (χ0n) is 15.6. The number of carbonyl (C=O) groups is 1. The second-order valence-electron chi connectivity index (χ2n) is 5.83. The first-order valence-electron chi connectivity index (χ1n) is 8.32. The van der Waals surface area contributed by atoms with E-state index in [1.807, 2.05) is 0 Å². The Morgan fingerprint density at radius 2 is 1.72 bits per heavy atom. The van der Waals surface area contributed by atoms with Gasteiger partial charge in [0.2, 0.25) is 0 Å². The van der Waals surface area contributed by atoms with E-state index in [2.05, 4.69) is 20.4 Å². The summed E-state index contributed by atoms with van der Waals surface area (Å²) in [4.78, 5) is 15.1. The highest BCUT2D eigenvalue weighted by Gasteiger charge is 2.27. The van der Waals surface area contributed by atoms with Crippen molar-refractivity contribution in [3.05, 3.63) is 59.0 Å². The van der Waals surface area contributed by atoms with Gasteiger partial charge in [0.1, 0.15) is 12.4 Å². The van der Waals surface area contributed by atoms with E-state index >= 15 is 0 Å². The molecule has 0 bridgehead atoms. The predicted molar refractivity (Wildman–Crippen MR) is 112 cm³/mol. The van der Waals surface area contributed by atoms with E-state index in [0.717, 1.165) is 5.56 Å². The van der Waals surface area contributed by atoms with E-state index in [4.69, 9.17) is 10.2 Å². The Bertz CT molecular complexity index is 807. The van der Waals surface area contributed by atoms with Gasteiger partial charge in [-0.3, -0.25) is 9.79 Å². The number of nitrogens with two attached hydrogens (primary N) is 1. The summed E-state index contributed by atoms with van der Waals surface area (Å²) >= 11 is 0. The molecule has 0 aliphatic carbocycles. The number of benzene rings is 1. The molecule has 4 N–H and O–H groups in total. The number of nitrogens with zero attached hydrogens (tertiary/aromatic N) is 1. The van der Waals surface area contributed by atoms with Crippen LogP contribution in [-0.2, 0) is 24.4 Å². The average molecular weight is 526 g/mol. The molecule has 2 rings (SSSR count). The number of guanidine groups is 1. The molecule has 0 aliphatic rings. The molecule has 29 heavy (non-hydrogen) atoms. The third kappa shape index (κ3) is 9.17. The highest BCUT2D eigenvalue weighted by molar-refractivity contribution is 14.0. The summed E-state index contributed by atoms with van der Waals surface area (Å²) in [5, 5.41) is 6.12. The number of alkyl halides is 3. The first kappa shape index (κ1) is 24.8. The van der Waals surface area contributed by atoms with Crippen LogP contribution in [-0.4, -0.2) is 31.7 Å². The number of rotatable bonds is 8. The molecule has 160 valence electrons. The summed E-state index contributed by atoms with van der Waals surface area (Å²) in [5.41, 5.74) is 6.70. The smallest absolute Gasteiger partial charge is 0.411 e. The molecule has 7 nitrogen and oxygen atoms in total. The number of nitrogens with one attached hydrogen (secondary N) is 2. The van der Waals surface area contributed by atoms with Gasteiger partial charge < -0.3 is 25.5 Å². The monoisotopic (exact) mass is 526 g/mol. The standard InChI is InChI=1S/C18H21F3N4O3.HI/c1-23-17(25-9-14-6-7-15(28-14)16(22)26)24-8-12-2-4-13(5-3-12)10-27-11-18(19,20)21;/h2-7H,8-11H2,1H3,(H2,22,26)(H2,23,24,25);1H. The molecular formula is C18H22F3IN4O3. The third-order valence-electron chi connectivity index (χ3n) is 3.58. The second-order valence-corrected chi connectivity index (χ2v) is 5.83. The van der Waals surface area contributed by atoms with Gasteiger partial charge in [-0.15, -0.1) is 24.0 Å². The SMILES string of the molecule is CN=C(NCc1ccc(COCC(F)(F)F)cc1)NCc1ccc(C(N)=O)o1.I. The molecule has 1 amide bonds. The summed E-state index contributed by atoms with van der Waals surface area (Å²) < 4.78 is 46.1. The molecule has 11 heteroatoms. The molecule has 0 radical (unpaired) electrons. The number of amides is 1. The maximum atomic E-state index is 12.1. The van der Waals surface area contributed by atoms with E-state index in [0.29, 0.717) is 30.4 Å². The Morgan fingerprint density at radius 3 is 2.28 bits per heavy atom. The van der Waals surface area contributed by atoms with Gasteiger partial charge in [0, 0.05) is 13.6 Å². The van der Waals surface area contributed by atoms with Crippen LogP contribution in [0.5, 0.6) is 0 Å². The van der Waals surface area contributed by atoms with Crippen LogP contribution < -0.4 is 16.4 Å². The minimum atomic E-state index is -4.33. The fourth-order valence-electron chi connectivity index (χ4n) is 2.22. The summed E-state index contributed by atoms with van der Waals surface area (Å²) in [5.74, 6) is 0.481. The fraction of sp³-hybridized carbons (Fsp3) is 0.333. The van der Waals surface area contributed by atoms with E-state index in [1.165, 1.54) is 6.07 Å². The number of halogens is 4. The number of aliphatic imine (C=N–C) groups is 1. The van der Waals surface area contributed by atoms with Gasteiger partial charge in [-0.05, 0) is 23.3 Å². The zero-order chi connectivity index (χ0) is 20.6. The van der Waals surface area contributed by atoms with Crippen LogP contribution in [0, 0.1) is 0 Å². The van der Waals surface area contributed by atoms with Crippen molar-refractivity contribution in [3.63, 3.8) is 0 Å². The van der Waals surface area contributed by atoms with E-state index in [9.17, 15) is 18.0 Å². The summed E-state index contributed by atoms with van der Waals surface area (Å²) in [6.07, 6.45) is -4.33. The molecule has 1 heterocycles. The quantitative estimate of drug-likeness (QED) is 0.279. The first-order valence-corrected chi connectivity index (χ1v) is 8.32. The highest BCUT2D eigenvalue weighted by Crippen LogP contribution is 2.15. The largest absolute Gasteiger partial charge is 0.454 e. The van der Waals surface area contributed by atoms with Crippen molar-refractivity contribution in [1.82, 2.24) is 10.6 Å².